The number of aliphatic hydroxyl groups excluding tert-OH is 1. The van der Waals surface area contributed by atoms with Gasteiger partial charge in [-0.1, -0.05) is 12.1 Å². The van der Waals surface area contributed by atoms with Gasteiger partial charge in [-0.3, -0.25) is 0 Å². The molecule has 1 aromatic heterocycles. The maximum absolute atomic E-state index is 10.7. The van der Waals surface area contributed by atoms with Gasteiger partial charge in [-0.05, 0) is 24.3 Å². The van der Waals surface area contributed by atoms with Crippen LogP contribution in [0, 0.1) is 0 Å². The summed E-state index contributed by atoms with van der Waals surface area (Å²) in [4.78, 5) is 6.43. The van der Waals surface area contributed by atoms with Crippen LogP contribution in [0.3, 0.4) is 0 Å². The average molecular weight is 326 g/mol. The second kappa shape index (κ2) is 5.72. The van der Waals surface area contributed by atoms with E-state index in [4.69, 9.17) is 13.9 Å². The van der Waals surface area contributed by atoms with Gasteiger partial charge in [-0.25, -0.2) is 0 Å². The molecule has 6 nitrogen and oxygen atoms in total. The highest BCUT2D eigenvalue weighted by atomic mass is 16.5. The first kappa shape index (κ1) is 14.8. The van der Waals surface area contributed by atoms with Crippen LogP contribution in [-0.2, 0) is 6.54 Å². The molecule has 1 N–H and O–H groups in total. The van der Waals surface area contributed by atoms with Crippen molar-refractivity contribution in [2.45, 2.75) is 12.6 Å². The maximum atomic E-state index is 10.7. The lowest BCUT2D eigenvalue weighted by Crippen LogP contribution is -2.34. The maximum Gasteiger partial charge on any atom is 0.298 e. The monoisotopic (exact) mass is 326 g/mol. The van der Waals surface area contributed by atoms with Crippen LogP contribution >= 0.6 is 0 Å². The van der Waals surface area contributed by atoms with E-state index >= 15 is 0 Å². The molecule has 0 amide bonds. The first-order valence-corrected chi connectivity index (χ1v) is 7.73. The van der Waals surface area contributed by atoms with Gasteiger partial charge < -0.3 is 23.9 Å². The van der Waals surface area contributed by atoms with Crippen molar-refractivity contribution in [1.29, 1.82) is 0 Å². The van der Waals surface area contributed by atoms with E-state index in [9.17, 15) is 5.11 Å². The van der Waals surface area contributed by atoms with Crippen molar-refractivity contribution in [3.05, 3.63) is 47.5 Å². The number of hydrogen-bond donors (Lipinski definition) is 1. The van der Waals surface area contributed by atoms with E-state index in [0.717, 1.165) is 22.2 Å². The molecular formula is C18H18N2O4. The smallest absolute Gasteiger partial charge is 0.298 e. The number of ether oxygens (including phenoxy) is 2. The van der Waals surface area contributed by atoms with Crippen LogP contribution in [0.1, 0.15) is 17.2 Å². The van der Waals surface area contributed by atoms with Crippen molar-refractivity contribution in [2.75, 3.05) is 25.7 Å². The highest BCUT2D eigenvalue weighted by Gasteiger charge is 2.31. The number of methoxy groups -OCH3 is 2. The minimum Gasteiger partial charge on any atom is -0.496 e. The van der Waals surface area contributed by atoms with Gasteiger partial charge in [-0.2, -0.15) is 4.98 Å². The molecule has 0 fully saturated rings. The van der Waals surface area contributed by atoms with Crippen molar-refractivity contribution in [2.24, 2.45) is 0 Å². The number of benzene rings is 2. The van der Waals surface area contributed by atoms with Crippen molar-refractivity contribution in [3.63, 3.8) is 0 Å². The van der Waals surface area contributed by atoms with Gasteiger partial charge in [0.15, 0.2) is 5.58 Å². The lowest BCUT2D eigenvalue weighted by molar-refractivity contribution is 0.167. The van der Waals surface area contributed by atoms with Crippen LogP contribution < -0.4 is 14.4 Å². The predicted octanol–water partition coefficient (Wildman–Crippen LogP) is 2.90. The van der Waals surface area contributed by atoms with Crippen LogP contribution in [0.4, 0.5) is 6.01 Å². The predicted molar refractivity (Wildman–Crippen MR) is 89.6 cm³/mol. The zero-order chi connectivity index (χ0) is 16.7. The Labute approximate surface area is 139 Å². The van der Waals surface area contributed by atoms with E-state index in [-0.39, 0.29) is 0 Å². The number of fused-ring (bicyclic) bond motifs is 2. The van der Waals surface area contributed by atoms with Crippen molar-refractivity contribution < 1.29 is 19.0 Å². The first-order valence-electron chi connectivity index (χ1n) is 7.73. The van der Waals surface area contributed by atoms with E-state index in [1.54, 1.807) is 14.2 Å². The van der Waals surface area contributed by atoms with Gasteiger partial charge in [0.1, 0.15) is 23.1 Å². The number of β-amino-alcohol motifs (C(OH)–C–C–N with tert-alkyl or cyclic N) is 1. The first-order chi connectivity index (χ1) is 11.7. The average Bonchev–Trinajstić information content (AvgIpc) is 3.04. The minimum absolute atomic E-state index is 0.378. The second-order valence-corrected chi connectivity index (χ2v) is 5.72. The molecule has 1 aliphatic heterocycles. The SMILES string of the molecule is COc1ccc(OC)c2c1CN(c1nc3ccccc3o1)CC2O. The highest BCUT2D eigenvalue weighted by Crippen LogP contribution is 2.40. The summed E-state index contributed by atoms with van der Waals surface area (Å²) < 4.78 is 16.7. The molecule has 4 rings (SSSR count). The number of rotatable bonds is 3. The van der Waals surface area contributed by atoms with E-state index in [1.807, 2.05) is 41.3 Å². The summed E-state index contributed by atoms with van der Waals surface area (Å²) in [5.74, 6) is 1.38. The molecule has 0 aliphatic carbocycles. The lowest BCUT2D eigenvalue weighted by Gasteiger charge is -2.32. The van der Waals surface area contributed by atoms with Gasteiger partial charge in [0.2, 0.25) is 0 Å². The van der Waals surface area contributed by atoms with Gasteiger partial charge in [0.25, 0.3) is 6.01 Å². The minimum atomic E-state index is -0.714. The summed E-state index contributed by atoms with van der Waals surface area (Å²) in [6.07, 6.45) is -0.714. The zero-order valence-corrected chi connectivity index (χ0v) is 13.5. The lowest BCUT2D eigenvalue weighted by atomic mass is 9.95. The quantitative estimate of drug-likeness (QED) is 0.798. The van der Waals surface area contributed by atoms with E-state index < -0.39 is 6.10 Å². The van der Waals surface area contributed by atoms with Gasteiger partial charge in [-0.15, -0.1) is 0 Å². The Morgan fingerprint density at radius 3 is 2.62 bits per heavy atom. The van der Waals surface area contributed by atoms with E-state index in [2.05, 4.69) is 4.98 Å². The van der Waals surface area contributed by atoms with Crippen molar-refractivity contribution in [1.82, 2.24) is 4.98 Å². The van der Waals surface area contributed by atoms with Gasteiger partial charge in [0.05, 0.1) is 27.3 Å². The van der Waals surface area contributed by atoms with Crippen molar-refractivity contribution >= 4 is 17.1 Å². The third-order valence-corrected chi connectivity index (χ3v) is 4.34. The van der Waals surface area contributed by atoms with Crippen LogP contribution in [0.15, 0.2) is 40.8 Å². The molecule has 0 bridgehead atoms. The molecule has 1 atom stereocenters. The molecular weight excluding hydrogens is 308 g/mol. The van der Waals surface area contributed by atoms with Gasteiger partial charge >= 0.3 is 0 Å². The number of aromatic nitrogens is 1. The largest absolute Gasteiger partial charge is 0.496 e. The molecule has 1 unspecified atom stereocenters. The molecule has 24 heavy (non-hydrogen) atoms. The fourth-order valence-electron chi connectivity index (χ4n) is 3.22. The number of hydrogen-bond acceptors (Lipinski definition) is 6. The number of oxazole rings is 1. The Morgan fingerprint density at radius 1 is 1.12 bits per heavy atom. The molecule has 2 aromatic carbocycles. The number of para-hydroxylation sites is 2. The van der Waals surface area contributed by atoms with E-state index in [0.29, 0.717) is 30.6 Å². The number of nitrogens with zero attached hydrogens (tertiary/aromatic N) is 2. The summed E-state index contributed by atoms with van der Waals surface area (Å²) in [5.41, 5.74) is 3.18. The normalized spacial score (nSPS) is 17.0. The summed E-state index contributed by atoms with van der Waals surface area (Å²) in [6, 6.07) is 11.8. The summed E-state index contributed by atoms with van der Waals surface area (Å²) >= 11 is 0. The highest BCUT2D eigenvalue weighted by molar-refractivity contribution is 5.74. The summed E-state index contributed by atoms with van der Waals surface area (Å²) in [5, 5.41) is 10.7. The van der Waals surface area contributed by atoms with Crippen LogP contribution in [0.25, 0.3) is 11.1 Å². The molecule has 1 aliphatic rings. The Morgan fingerprint density at radius 2 is 1.88 bits per heavy atom. The molecule has 2 heterocycles. The fourth-order valence-corrected chi connectivity index (χ4v) is 3.22. The summed E-state index contributed by atoms with van der Waals surface area (Å²) in [7, 11) is 3.22. The third kappa shape index (κ3) is 2.27. The molecule has 0 saturated carbocycles. The fraction of sp³-hybridized carbons (Fsp3) is 0.278. The van der Waals surface area contributed by atoms with Crippen LogP contribution in [-0.4, -0.2) is 30.9 Å². The van der Waals surface area contributed by atoms with Gasteiger partial charge in [0, 0.05) is 11.1 Å². The molecule has 0 spiro atoms. The molecule has 3 aromatic rings. The molecule has 0 saturated heterocycles. The second-order valence-electron chi connectivity index (χ2n) is 5.72. The zero-order valence-electron chi connectivity index (χ0n) is 13.5. The Balaban J connectivity index is 1.77. The number of anilines is 1. The van der Waals surface area contributed by atoms with Crippen molar-refractivity contribution in [3.8, 4) is 11.5 Å². The third-order valence-electron chi connectivity index (χ3n) is 4.34. The Kier molecular flexibility index (Phi) is 3.54. The summed E-state index contributed by atoms with van der Waals surface area (Å²) in [6.45, 7) is 0.906. The Bertz CT molecular complexity index is 857. The standard InChI is InChI=1S/C18H18N2O4/c1-22-14-7-8-16(23-2)17-11(14)9-20(10-13(17)21)18-19-12-5-3-4-6-15(12)24-18/h3-8,13,21H,9-10H2,1-2H3. The molecule has 124 valence electrons. The topological polar surface area (TPSA) is 68.0 Å². The van der Waals surface area contributed by atoms with E-state index in [1.165, 1.54) is 0 Å². The molecule has 6 heteroatoms. The van der Waals surface area contributed by atoms with Crippen LogP contribution in [0.2, 0.25) is 0 Å². The number of aliphatic hydroxyl groups is 1. The Hall–Kier alpha value is -2.73. The van der Waals surface area contributed by atoms with Crippen LogP contribution in [0.5, 0.6) is 11.5 Å². The molecule has 0 radical (unpaired) electrons.